The van der Waals surface area contributed by atoms with Gasteiger partial charge in [0.05, 0.1) is 10.5 Å². The second-order valence-corrected chi connectivity index (χ2v) is 7.52. The molecule has 7 nitrogen and oxygen atoms in total. The number of sulfonamides is 1. The Morgan fingerprint density at radius 1 is 1.08 bits per heavy atom. The monoisotopic (exact) mass is 361 g/mol. The standard InChI is InChI=1S/C17H19N3O4S/c18-19-25(23,24)15-5-3-4-14(20-10-1-2-11-20)16(15)17(22)12-6-8-13(21)9-7-12/h3-9,19,21H,1-2,10-11,18H2. The van der Waals surface area contributed by atoms with Gasteiger partial charge in [-0.3, -0.25) is 10.6 Å². The zero-order valence-corrected chi connectivity index (χ0v) is 14.3. The molecule has 1 heterocycles. The number of nitrogens with one attached hydrogen (secondary N) is 1. The number of anilines is 1. The number of ketones is 1. The Labute approximate surface area is 146 Å². The topological polar surface area (TPSA) is 113 Å². The summed E-state index contributed by atoms with van der Waals surface area (Å²) >= 11 is 0. The molecule has 25 heavy (non-hydrogen) atoms. The van der Waals surface area contributed by atoms with Crippen molar-refractivity contribution in [3.8, 4) is 5.75 Å². The molecular weight excluding hydrogens is 342 g/mol. The van der Waals surface area contributed by atoms with Crippen LogP contribution in [0.4, 0.5) is 5.69 Å². The van der Waals surface area contributed by atoms with Gasteiger partial charge in [-0.05, 0) is 49.2 Å². The summed E-state index contributed by atoms with van der Waals surface area (Å²) in [5, 5.41) is 9.42. The second-order valence-electron chi connectivity index (χ2n) is 5.84. The minimum Gasteiger partial charge on any atom is -0.508 e. The summed E-state index contributed by atoms with van der Waals surface area (Å²) in [6, 6.07) is 10.4. The third kappa shape index (κ3) is 3.37. The third-order valence-corrected chi connectivity index (χ3v) is 5.48. The van der Waals surface area contributed by atoms with E-state index in [1.807, 2.05) is 4.90 Å². The van der Waals surface area contributed by atoms with Crippen molar-refractivity contribution in [2.75, 3.05) is 18.0 Å². The average Bonchev–Trinajstić information content (AvgIpc) is 3.15. The summed E-state index contributed by atoms with van der Waals surface area (Å²) in [5.74, 6) is 4.77. The van der Waals surface area contributed by atoms with Gasteiger partial charge in [-0.25, -0.2) is 8.42 Å². The van der Waals surface area contributed by atoms with E-state index < -0.39 is 15.8 Å². The van der Waals surface area contributed by atoms with Crippen LogP contribution in [-0.2, 0) is 10.0 Å². The molecule has 1 saturated heterocycles. The molecule has 1 fully saturated rings. The fourth-order valence-corrected chi connectivity index (χ4v) is 3.86. The van der Waals surface area contributed by atoms with Gasteiger partial charge in [0, 0.05) is 24.3 Å². The summed E-state index contributed by atoms with van der Waals surface area (Å²) in [4.78, 5) is 16.7. The number of nitrogens with two attached hydrogens (primary N) is 1. The predicted octanol–water partition coefficient (Wildman–Crippen LogP) is 1.38. The number of hydrogen-bond acceptors (Lipinski definition) is 6. The van der Waals surface area contributed by atoms with Crippen LogP contribution in [0.1, 0.15) is 28.8 Å². The van der Waals surface area contributed by atoms with Crippen molar-refractivity contribution in [3.05, 3.63) is 53.6 Å². The van der Waals surface area contributed by atoms with Crippen LogP contribution in [0.15, 0.2) is 47.4 Å². The molecule has 1 aliphatic heterocycles. The minimum absolute atomic E-state index is 0.0286. The van der Waals surface area contributed by atoms with Gasteiger partial charge in [0.1, 0.15) is 5.75 Å². The minimum atomic E-state index is -4.01. The zero-order valence-electron chi connectivity index (χ0n) is 13.5. The molecule has 0 atom stereocenters. The van der Waals surface area contributed by atoms with Gasteiger partial charge in [0.15, 0.2) is 5.78 Å². The molecule has 0 bridgehead atoms. The van der Waals surface area contributed by atoms with Crippen LogP contribution in [0.5, 0.6) is 5.75 Å². The van der Waals surface area contributed by atoms with Crippen molar-refractivity contribution in [3.63, 3.8) is 0 Å². The maximum absolute atomic E-state index is 13.1. The number of phenolic OH excluding ortho intramolecular Hbond substituents is 1. The molecule has 2 aromatic carbocycles. The summed E-state index contributed by atoms with van der Waals surface area (Å²) in [5.41, 5.74) is 0.956. The van der Waals surface area contributed by atoms with E-state index in [4.69, 9.17) is 5.84 Å². The highest BCUT2D eigenvalue weighted by molar-refractivity contribution is 7.89. The Balaban J connectivity index is 2.20. The van der Waals surface area contributed by atoms with Crippen LogP contribution in [0, 0.1) is 0 Å². The lowest BCUT2D eigenvalue weighted by Gasteiger charge is -2.22. The highest BCUT2D eigenvalue weighted by atomic mass is 32.2. The largest absolute Gasteiger partial charge is 0.508 e. The Kier molecular flexibility index (Phi) is 4.76. The van der Waals surface area contributed by atoms with Gasteiger partial charge in [-0.1, -0.05) is 6.07 Å². The van der Waals surface area contributed by atoms with Crippen molar-refractivity contribution < 1.29 is 18.3 Å². The lowest BCUT2D eigenvalue weighted by Crippen LogP contribution is -2.32. The summed E-state index contributed by atoms with van der Waals surface area (Å²) in [6.45, 7) is 1.52. The normalized spacial score (nSPS) is 14.7. The number of phenols is 1. The number of aromatic hydroxyl groups is 1. The number of hydrazine groups is 1. The Morgan fingerprint density at radius 2 is 1.72 bits per heavy atom. The molecule has 0 unspecified atom stereocenters. The van der Waals surface area contributed by atoms with Crippen molar-refractivity contribution in [1.29, 1.82) is 0 Å². The van der Waals surface area contributed by atoms with E-state index in [0.29, 0.717) is 5.69 Å². The van der Waals surface area contributed by atoms with E-state index in [2.05, 4.69) is 0 Å². The molecule has 1 aliphatic rings. The molecular formula is C17H19N3O4S. The Morgan fingerprint density at radius 3 is 2.32 bits per heavy atom. The number of benzene rings is 2. The van der Waals surface area contributed by atoms with Gasteiger partial charge < -0.3 is 10.0 Å². The van der Waals surface area contributed by atoms with Gasteiger partial charge >= 0.3 is 0 Å². The van der Waals surface area contributed by atoms with Crippen molar-refractivity contribution in [2.24, 2.45) is 5.84 Å². The van der Waals surface area contributed by atoms with E-state index in [9.17, 15) is 18.3 Å². The Bertz CT molecular complexity index is 889. The van der Waals surface area contributed by atoms with Gasteiger partial charge in [-0.15, -0.1) is 0 Å². The Hall–Kier alpha value is -2.42. The second kappa shape index (κ2) is 6.83. The van der Waals surface area contributed by atoms with E-state index in [1.165, 1.54) is 30.3 Å². The highest BCUT2D eigenvalue weighted by Gasteiger charge is 2.28. The fourth-order valence-electron chi connectivity index (χ4n) is 3.01. The first kappa shape index (κ1) is 17.4. The molecule has 0 aromatic heterocycles. The van der Waals surface area contributed by atoms with E-state index in [-0.39, 0.29) is 21.8 Å². The maximum atomic E-state index is 13.1. The SMILES string of the molecule is NNS(=O)(=O)c1cccc(N2CCCC2)c1C(=O)c1ccc(O)cc1. The van der Waals surface area contributed by atoms with Crippen molar-refractivity contribution >= 4 is 21.5 Å². The van der Waals surface area contributed by atoms with Crippen LogP contribution in [-0.4, -0.2) is 32.4 Å². The fraction of sp³-hybridized carbons (Fsp3) is 0.235. The van der Waals surface area contributed by atoms with Gasteiger partial charge in [0.25, 0.3) is 10.0 Å². The van der Waals surface area contributed by atoms with Crippen LogP contribution in [0.3, 0.4) is 0 Å². The van der Waals surface area contributed by atoms with Crippen molar-refractivity contribution in [2.45, 2.75) is 17.7 Å². The molecule has 8 heteroatoms. The lowest BCUT2D eigenvalue weighted by molar-refractivity contribution is 0.103. The van der Waals surface area contributed by atoms with Crippen LogP contribution < -0.4 is 15.6 Å². The van der Waals surface area contributed by atoms with Crippen LogP contribution in [0.25, 0.3) is 0 Å². The van der Waals surface area contributed by atoms with E-state index in [1.54, 1.807) is 17.0 Å². The first-order valence-corrected chi connectivity index (χ1v) is 9.36. The number of carbonyl (C=O) groups is 1. The quantitative estimate of drug-likeness (QED) is 0.421. The van der Waals surface area contributed by atoms with E-state index in [0.717, 1.165) is 25.9 Å². The van der Waals surface area contributed by atoms with Crippen LogP contribution in [0.2, 0.25) is 0 Å². The number of carbonyl (C=O) groups excluding carboxylic acids is 1. The molecule has 0 saturated carbocycles. The smallest absolute Gasteiger partial charge is 0.253 e. The molecule has 3 rings (SSSR count). The first-order chi connectivity index (χ1) is 11.9. The molecule has 0 amide bonds. The number of hydrogen-bond donors (Lipinski definition) is 3. The summed E-state index contributed by atoms with van der Waals surface area (Å²) in [6.07, 6.45) is 1.97. The zero-order chi connectivity index (χ0) is 18.0. The molecule has 2 aromatic rings. The van der Waals surface area contributed by atoms with Gasteiger partial charge in [0.2, 0.25) is 0 Å². The molecule has 132 valence electrons. The molecule has 0 radical (unpaired) electrons. The lowest BCUT2D eigenvalue weighted by atomic mass is 10.0. The predicted molar refractivity (Wildman–Crippen MR) is 93.9 cm³/mol. The third-order valence-electron chi connectivity index (χ3n) is 4.25. The molecule has 4 N–H and O–H groups in total. The summed E-state index contributed by atoms with van der Waals surface area (Å²) in [7, 11) is -4.01. The average molecular weight is 361 g/mol. The first-order valence-electron chi connectivity index (χ1n) is 7.88. The molecule has 0 spiro atoms. The van der Waals surface area contributed by atoms with Crippen molar-refractivity contribution in [1.82, 2.24) is 4.83 Å². The maximum Gasteiger partial charge on any atom is 0.253 e. The van der Waals surface area contributed by atoms with Crippen LogP contribution >= 0.6 is 0 Å². The summed E-state index contributed by atoms with van der Waals surface area (Å²) < 4.78 is 24.7. The highest BCUT2D eigenvalue weighted by Crippen LogP contribution is 2.31. The number of nitrogens with zero attached hydrogens (tertiary/aromatic N) is 1. The van der Waals surface area contributed by atoms with E-state index >= 15 is 0 Å². The molecule has 0 aliphatic carbocycles. The number of rotatable bonds is 5. The van der Waals surface area contributed by atoms with Gasteiger partial charge in [-0.2, -0.15) is 4.83 Å².